The number of aromatic amines is 1. The van der Waals surface area contributed by atoms with E-state index < -0.39 is 11.9 Å². The number of carbonyl (C=O) groups is 2. The lowest BCUT2D eigenvalue weighted by molar-refractivity contribution is -0.119. The molecule has 0 bridgehead atoms. The number of amides is 1. The van der Waals surface area contributed by atoms with Crippen molar-refractivity contribution in [2.45, 2.75) is 26.2 Å². The van der Waals surface area contributed by atoms with Crippen molar-refractivity contribution in [1.29, 1.82) is 0 Å². The Balaban J connectivity index is 1.97. The van der Waals surface area contributed by atoms with Crippen molar-refractivity contribution in [3.05, 3.63) is 52.8 Å². The van der Waals surface area contributed by atoms with E-state index in [9.17, 15) is 9.59 Å². The summed E-state index contributed by atoms with van der Waals surface area (Å²) in [6.45, 7) is 5.82. The van der Waals surface area contributed by atoms with E-state index in [1.165, 1.54) is 12.3 Å². The molecule has 2 rings (SSSR count). The number of H-pyrrole nitrogens is 1. The Morgan fingerprint density at radius 1 is 1.26 bits per heavy atom. The summed E-state index contributed by atoms with van der Waals surface area (Å²) in [4.78, 5) is 26.4. The number of ether oxygens (including phenoxy) is 1. The third-order valence-electron chi connectivity index (χ3n) is 3.21. The number of nitrogens with one attached hydrogen (secondary N) is 2. The van der Waals surface area contributed by atoms with Crippen LogP contribution in [0.2, 0.25) is 5.02 Å². The first kappa shape index (κ1) is 17.1. The number of para-hydroxylation sites is 1. The number of hydrogen-bond acceptors (Lipinski definition) is 3. The zero-order valence-electron chi connectivity index (χ0n) is 13.3. The number of anilines is 1. The molecule has 122 valence electrons. The van der Waals surface area contributed by atoms with Crippen molar-refractivity contribution >= 4 is 29.2 Å². The number of benzene rings is 1. The van der Waals surface area contributed by atoms with Gasteiger partial charge in [0.1, 0.15) is 5.69 Å². The molecular weight excluding hydrogens is 316 g/mol. The zero-order chi connectivity index (χ0) is 17.0. The van der Waals surface area contributed by atoms with Crippen LogP contribution in [0.1, 0.15) is 36.8 Å². The van der Waals surface area contributed by atoms with Crippen LogP contribution in [0.3, 0.4) is 0 Å². The first-order valence-corrected chi connectivity index (χ1v) is 7.55. The molecule has 0 aliphatic rings. The van der Waals surface area contributed by atoms with Crippen LogP contribution in [0.4, 0.5) is 5.69 Å². The Hall–Kier alpha value is -2.27. The van der Waals surface area contributed by atoms with Crippen molar-refractivity contribution in [3.63, 3.8) is 0 Å². The summed E-state index contributed by atoms with van der Waals surface area (Å²) in [5, 5.41) is 3.18. The average Bonchev–Trinajstić information content (AvgIpc) is 2.91. The monoisotopic (exact) mass is 334 g/mol. The van der Waals surface area contributed by atoms with E-state index in [-0.39, 0.29) is 17.7 Å². The van der Waals surface area contributed by atoms with Crippen LogP contribution in [0, 0.1) is 0 Å². The molecular formula is C17H19ClN2O3. The summed E-state index contributed by atoms with van der Waals surface area (Å²) in [5.41, 5.74) is 1.82. The van der Waals surface area contributed by atoms with Crippen LogP contribution in [-0.4, -0.2) is 23.5 Å². The fourth-order valence-electron chi connectivity index (χ4n) is 2.13. The summed E-state index contributed by atoms with van der Waals surface area (Å²) in [5.74, 6) is -1.02. The molecule has 0 saturated heterocycles. The average molecular weight is 335 g/mol. The molecule has 0 aliphatic carbocycles. The first-order chi connectivity index (χ1) is 10.8. The summed E-state index contributed by atoms with van der Waals surface area (Å²) >= 11 is 5.72. The van der Waals surface area contributed by atoms with E-state index in [0.29, 0.717) is 10.7 Å². The number of esters is 1. The fraction of sp³-hybridized carbons (Fsp3) is 0.294. The molecule has 2 aromatic rings. The molecule has 0 unspecified atom stereocenters. The second-order valence-electron chi connectivity index (χ2n) is 6.15. The van der Waals surface area contributed by atoms with Gasteiger partial charge in [-0.2, -0.15) is 0 Å². The summed E-state index contributed by atoms with van der Waals surface area (Å²) in [6.07, 6.45) is 1.47. The Morgan fingerprint density at radius 2 is 1.96 bits per heavy atom. The van der Waals surface area contributed by atoms with Crippen LogP contribution in [0.25, 0.3) is 0 Å². The fourth-order valence-corrected chi connectivity index (χ4v) is 2.29. The molecule has 1 aromatic carbocycles. The topological polar surface area (TPSA) is 71.2 Å². The predicted octanol–water partition coefficient (Wildman–Crippen LogP) is 3.76. The maximum atomic E-state index is 12.0. The van der Waals surface area contributed by atoms with E-state index in [1.807, 2.05) is 24.3 Å². The van der Waals surface area contributed by atoms with Gasteiger partial charge in [-0.25, -0.2) is 4.79 Å². The van der Waals surface area contributed by atoms with Crippen LogP contribution >= 0.6 is 11.6 Å². The summed E-state index contributed by atoms with van der Waals surface area (Å²) in [6, 6.07) is 8.99. The zero-order valence-corrected chi connectivity index (χ0v) is 14.0. The minimum Gasteiger partial charge on any atom is -0.451 e. The van der Waals surface area contributed by atoms with Gasteiger partial charge in [0, 0.05) is 11.9 Å². The number of carbonyl (C=O) groups excluding carboxylic acids is 2. The van der Waals surface area contributed by atoms with Crippen LogP contribution in [0.15, 0.2) is 36.5 Å². The second-order valence-corrected chi connectivity index (χ2v) is 6.59. The lowest BCUT2D eigenvalue weighted by atomic mass is 9.86. The highest BCUT2D eigenvalue weighted by Gasteiger charge is 2.19. The van der Waals surface area contributed by atoms with Crippen molar-refractivity contribution in [1.82, 2.24) is 4.98 Å². The van der Waals surface area contributed by atoms with Crippen molar-refractivity contribution in [2.75, 3.05) is 11.9 Å². The van der Waals surface area contributed by atoms with E-state index >= 15 is 0 Å². The van der Waals surface area contributed by atoms with Gasteiger partial charge < -0.3 is 15.0 Å². The predicted molar refractivity (Wildman–Crippen MR) is 89.9 cm³/mol. The van der Waals surface area contributed by atoms with Gasteiger partial charge in [0.15, 0.2) is 6.61 Å². The van der Waals surface area contributed by atoms with Gasteiger partial charge in [-0.15, -0.1) is 0 Å². The van der Waals surface area contributed by atoms with E-state index in [2.05, 4.69) is 31.1 Å². The number of halogens is 1. The quantitative estimate of drug-likeness (QED) is 0.836. The molecule has 0 atom stereocenters. The molecule has 23 heavy (non-hydrogen) atoms. The number of rotatable bonds is 4. The second kappa shape index (κ2) is 6.87. The molecule has 1 aromatic heterocycles. The summed E-state index contributed by atoms with van der Waals surface area (Å²) in [7, 11) is 0. The first-order valence-electron chi connectivity index (χ1n) is 7.18. The lowest BCUT2D eigenvalue weighted by Crippen LogP contribution is -2.23. The van der Waals surface area contributed by atoms with Crippen LogP contribution in [-0.2, 0) is 14.9 Å². The van der Waals surface area contributed by atoms with Gasteiger partial charge in [-0.1, -0.05) is 50.6 Å². The van der Waals surface area contributed by atoms with E-state index in [4.69, 9.17) is 16.3 Å². The van der Waals surface area contributed by atoms with E-state index in [1.54, 1.807) is 0 Å². The van der Waals surface area contributed by atoms with E-state index in [0.717, 1.165) is 5.56 Å². The molecule has 0 spiro atoms. The van der Waals surface area contributed by atoms with Crippen LogP contribution < -0.4 is 5.32 Å². The standard InChI is InChI=1S/C17H19ClN2O3/c1-17(2,3)12-6-4-5-7-13(12)20-15(21)10-23-16(22)14-8-11(18)9-19-14/h4-9,19H,10H2,1-3H3,(H,20,21). The normalized spacial score (nSPS) is 11.1. The molecule has 0 aliphatic heterocycles. The maximum absolute atomic E-state index is 12.0. The highest BCUT2D eigenvalue weighted by atomic mass is 35.5. The minimum absolute atomic E-state index is 0.110. The molecule has 2 N–H and O–H groups in total. The Bertz CT molecular complexity index is 717. The Kier molecular flexibility index (Phi) is 5.11. The lowest BCUT2D eigenvalue weighted by Gasteiger charge is -2.22. The Morgan fingerprint density at radius 3 is 2.57 bits per heavy atom. The smallest absolute Gasteiger partial charge is 0.355 e. The van der Waals surface area contributed by atoms with Crippen molar-refractivity contribution in [3.8, 4) is 0 Å². The molecule has 5 nitrogen and oxygen atoms in total. The Labute approximate surface area is 140 Å². The molecule has 1 heterocycles. The molecule has 6 heteroatoms. The maximum Gasteiger partial charge on any atom is 0.355 e. The van der Waals surface area contributed by atoms with Crippen molar-refractivity contribution in [2.24, 2.45) is 0 Å². The van der Waals surface area contributed by atoms with Gasteiger partial charge in [0.05, 0.1) is 5.02 Å². The third-order valence-corrected chi connectivity index (χ3v) is 3.43. The molecule has 0 saturated carbocycles. The SMILES string of the molecule is CC(C)(C)c1ccccc1NC(=O)COC(=O)c1cc(Cl)c[nH]1. The molecule has 0 fully saturated rings. The van der Waals surface area contributed by atoms with Crippen LogP contribution in [0.5, 0.6) is 0 Å². The van der Waals surface area contributed by atoms with Gasteiger partial charge in [0.2, 0.25) is 0 Å². The van der Waals surface area contributed by atoms with Crippen molar-refractivity contribution < 1.29 is 14.3 Å². The third kappa shape index (κ3) is 4.60. The highest BCUT2D eigenvalue weighted by Crippen LogP contribution is 2.29. The van der Waals surface area contributed by atoms with Gasteiger partial charge >= 0.3 is 5.97 Å². The molecule has 1 amide bonds. The van der Waals surface area contributed by atoms with Gasteiger partial charge in [-0.05, 0) is 23.1 Å². The highest BCUT2D eigenvalue weighted by molar-refractivity contribution is 6.30. The largest absolute Gasteiger partial charge is 0.451 e. The number of hydrogen-bond donors (Lipinski definition) is 2. The number of aromatic nitrogens is 1. The van der Waals surface area contributed by atoms with Gasteiger partial charge in [-0.3, -0.25) is 4.79 Å². The summed E-state index contributed by atoms with van der Waals surface area (Å²) < 4.78 is 4.96. The minimum atomic E-state index is -0.629. The van der Waals surface area contributed by atoms with Gasteiger partial charge in [0.25, 0.3) is 5.91 Å². The molecule has 0 radical (unpaired) electrons.